The number of nitrogens with zero attached hydrogens (tertiary/aromatic N) is 4. The molecule has 0 fully saturated rings. The zero-order valence-corrected chi connectivity index (χ0v) is 5.98. The molecule has 1 aromatic rings. The first-order valence-corrected chi connectivity index (χ1v) is 3.33. The van der Waals surface area contributed by atoms with E-state index in [1.54, 1.807) is 0 Å². The third-order valence-electron chi connectivity index (χ3n) is 1.62. The average molecular weight is 153 g/mol. The van der Waals surface area contributed by atoms with Crippen molar-refractivity contribution in [3.05, 3.63) is 5.82 Å². The van der Waals surface area contributed by atoms with Crippen LogP contribution in [0.1, 0.15) is 18.8 Å². The van der Waals surface area contributed by atoms with Gasteiger partial charge in [0.25, 0.3) is 0 Å². The minimum absolute atomic E-state index is 0.0442. The summed E-state index contributed by atoms with van der Waals surface area (Å²) in [5, 5.41) is 13.6. The predicted molar refractivity (Wildman–Crippen MR) is 34.4 cm³/mol. The van der Waals surface area contributed by atoms with Crippen LogP contribution in [0.15, 0.2) is 0 Å². The van der Waals surface area contributed by atoms with E-state index in [-0.39, 0.29) is 18.5 Å². The Morgan fingerprint density at radius 3 is 3.36 bits per heavy atom. The first-order valence-electron chi connectivity index (χ1n) is 3.33. The van der Waals surface area contributed by atoms with Crippen molar-refractivity contribution in [2.24, 2.45) is 0 Å². The molecule has 1 N–H and O–H groups in total. The number of carbonyl (C=O) groups is 1. The maximum atomic E-state index is 10.9. The van der Waals surface area contributed by atoms with Crippen LogP contribution in [0.5, 0.6) is 0 Å². The van der Waals surface area contributed by atoms with Gasteiger partial charge in [0.1, 0.15) is 6.54 Å². The lowest BCUT2D eigenvalue weighted by Gasteiger charge is -2.18. The van der Waals surface area contributed by atoms with Crippen molar-refractivity contribution in [3.8, 4) is 0 Å². The largest absolute Gasteiger partial charge is 0.345 e. The molecule has 0 aromatic carbocycles. The van der Waals surface area contributed by atoms with E-state index in [1.165, 1.54) is 4.68 Å². The second kappa shape index (κ2) is 2.01. The fraction of sp³-hybridized carbons (Fsp3) is 0.600. The number of hydrogen-bond acceptors (Lipinski definition) is 4. The molecule has 0 spiro atoms. The molecule has 0 radical (unpaired) electrons. The van der Waals surface area contributed by atoms with Gasteiger partial charge in [0, 0.05) is 0 Å². The van der Waals surface area contributed by atoms with Crippen molar-refractivity contribution in [2.75, 3.05) is 0 Å². The van der Waals surface area contributed by atoms with Gasteiger partial charge < -0.3 is 5.32 Å². The van der Waals surface area contributed by atoms with Crippen LogP contribution in [0.4, 0.5) is 0 Å². The Kier molecular flexibility index (Phi) is 1.14. The number of hydrogen-bond donors (Lipinski definition) is 1. The quantitative estimate of drug-likeness (QED) is 0.511. The molecule has 1 amide bonds. The van der Waals surface area contributed by atoms with Crippen LogP contribution in [-0.2, 0) is 11.3 Å². The summed E-state index contributed by atoms with van der Waals surface area (Å²) in [6.45, 7) is 2.08. The lowest BCUT2D eigenvalue weighted by atomic mass is 10.2. The van der Waals surface area contributed by atoms with Crippen LogP contribution in [0, 0.1) is 0 Å². The zero-order valence-electron chi connectivity index (χ0n) is 5.98. The summed E-state index contributed by atoms with van der Waals surface area (Å²) < 4.78 is 1.50. The SMILES string of the molecule is CC1NC(=O)Cn2nnnc21. The highest BCUT2D eigenvalue weighted by Crippen LogP contribution is 2.10. The Bertz CT molecular complexity index is 293. The molecule has 0 saturated heterocycles. The van der Waals surface area contributed by atoms with Crippen molar-refractivity contribution >= 4 is 5.91 Å². The van der Waals surface area contributed by atoms with Gasteiger partial charge in [-0.2, -0.15) is 0 Å². The minimum Gasteiger partial charge on any atom is -0.345 e. The van der Waals surface area contributed by atoms with E-state index < -0.39 is 0 Å². The summed E-state index contributed by atoms with van der Waals surface area (Å²) in [7, 11) is 0. The molecule has 1 aromatic heterocycles. The van der Waals surface area contributed by atoms with E-state index in [0.717, 1.165) is 0 Å². The minimum atomic E-state index is -0.0775. The Morgan fingerprint density at radius 1 is 1.73 bits per heavy atom. The number of rotatable bonds is 0. The van der Waals surface area contributed by atoms with Crippen molar-refractivity contribution in [2.45, 2.75) is 19.5 Å². The molecule has 6 nitrogen and oxygen atoms in total. The molecule has 11 heavy (non-hydrogen) atoms. The van der Waals surface area contributed by atoms with E-state index in [4.69, 9.17) is 0 Å². The van der Waals surface area contributed by atoms with Crippen LogP contribution in [-0.4, -0.2) is 26.1 Å². The number of aromatic nitrogens is 4. The third kappa shape index (κ3) is 0.866. The fourth-order valence-corrected chi connectivity index (χ4v) is 1.12. The summed E-state index contributed by atoms with van der Waals surface area (Å²) in [6, 6.07) is -0.0775. The van der Waals surface area contributed by atoms with Gasteiger partial charge in [-0.1, -0.05) is 0 Å². The summed E-state index contributed by atoms with van der Waals surface area (Å²) in [5.74, 6) is 0.668. The molecule has 58 valence electrons. The molecule has 1 aliphatic rings. The van der Waals surface area contributed by atoms with Gasteiger partial charge in [0.15, 0.2) is 5.82 Å². The van der Waals surface area contributed by atoms with Crippen molar-refractivity contribution < 1.29 is 4.79 Å². The van der Waals surface area contributed by atoms with Crippen LogP contribution in [0.3, 0.4) is 0 Å². The van der Waals surface area contributed by atoms with Gasteiger partial charge in [0.2, 0.25) is 5.91 Å². The van der Waals surface area contributed by atoms with Crippen LogP contribution in [0.2, 0.25) is 0 Å². The highest BCUT2D eigenvalue weighted by molar-refractivity contribution is 5.76. The molecule has 2 heterocycles. The molecular weight excluding hydrogens is 146 g/mol. The highest BCUT2D eigenvalue weighted by atomic mass is 16.2. The zero-order chi connectivity index (χ0) is 7.84. The Morgan fingerprint density at radius 2 is 2.55 bits per heavy atom. The van der Waals surface area contributed by atoms with Gasteiger partial charge in [-0.25, -0.2) is 4.68 Å². The maximum Gasteiger partial charge on any atom is 0.242 e. The maximum absolute atomic E-state index is 10.9. The number of carbonyl (C=O) groups excluding carboxylic acids is 1. The molecule has 1 unspecified atom stereocenters. The third-order valence-corrected chi connectivity index (χ3v) is 1.62. The highest BCUT2D eigenvalue weighted by Gasteiger charge is 2.23. The van der Waals surface area contributed by atoms with Crippen LogP contribution in [0.25, 0.3) is 0 Å². The standard InChI is InChI=1S/C5H7N5O/c1-3-5-7-8-9-10(5)2-4(11)6-3/h3H,2H2,1H3,(H,6,11). The predicted octanol–water partition coefficient (Wildman–Crippen LogP) is -1.14. The second-order valence-electron chi connectivity index (χ2n) is 2.48. The monoisotopic (exact) mass is 153 g/mol. The number of tetrazole rings is 1. The average Bonchev–Trinajstić information content (AvgIpc) is 2.34. The van der Waals surface area contributed by atoms with E-state index in [9.17, 15) is 4.79 Å². The molecule has 0 bridgehead atoms. The molecule has 0 saturated carbocycles. The smallest absolute Gasteiger partial charge is 0.242 e. The Hall–Kier alpha value is -1.46. The van der Waals surface area contributed by atoms with E-state index in [2.05, 4.69) is 20.8 Å². The summed E-state index contributed by atoms with van der Waals surface area (Å²) in [6.07, 6.45) is 0. The number of amides is 1. The number of fused-ring (bicyclic) bond motifs is 1. The first-order chi connectivity index (χ1) is 5.27. The second-order valence-corrected chi connectivity index (χ2v) is 2.48. The number of nitrogens with one attached hydrogen (secondary N) is 1. The topological polar surface area (TPSA) is 72.7 Å². The molecule has 1 aliphatic heterocycles. The van der Waals surface area contributed by atoms with Gasteiger partial charge >= 0.3 is 0 Å². The van der Waals surface area contributed by atoms with Gasteiger partial charge in [-0.15, -0.1) is 5.10 Å². The summed E-state index contributed by atoms with van der Waals surface area (Å²) in [5.41, 5.74) is 0. The molecule has 0 aliphatic carbocycles. The lowest BCUT2D eigenvalue weighted by molar-refractivity contribution is -0.123. The Balaban J connectivity index is 2.43. The van der Waals surface area contributed by atoms with E-state index in [1.807, 2.05) is 6.92 Å². The van der Waals surface area contributed by atoms with Crippen LogP contribution < -0.4 is 5.32 Å². The fourth-order valence-electron chi connectivity index (χ4n) is 1.12. The van der Waals surface area contributed by atoms with E-state index in [0.29, 0.717) is 5.82 Å². The molecule has 6 heteroatoms. The Labute approximate surface area is 62.6 Å². The lowest BCUT2D eigenvalue weighted by Crippen LogP contribution is -2.37. The van der Waals surface area contributed by atoms with Gasteiger partial charge in [-0.3, -0.25) is 4.79 Å². The molecule has 1 atom stereocenters. The normalized spacial score (nSPS) is 22.6. The van der Waals surface area contributed by atoms with Gasteiger partial charge in [0.05, 0.1) is 6.04 Å². The van der Waals surface area contributed by atoms with Gasteiger partial charge in [-0.05, 0) is 17.4 Å². The van der Waals surface area contributed by atoms with Crippen molar-refractivity contribution in [1.82, 2.24) is 25.5 Å². The summed E-state index contributed by atoms with van der Waals surface area (Å²) in [4.78, 5) is 10.9. The van der Waals surface area contributed by atoms with E-state index >= 15 is 0 Å². The van der Waals surface area contributed by atoms with Crippen molar-refractivity contribution in [1.29, 1.82) is 0 Å². The molecular formula is C5H7N5O. The van der Waals surface area contributed by atoms with Crippen molar-refractivity contribution in [3.63, 3.8) is 0 Å². The first kappa shape index (κ1) is 6.26. The van der Waals surface area contributed by atoms with Crippen LogP contribution >= 0.6 is 0 Å². The summed E-state index contributed by atoms with van der Waals surface area (Å²) >= 11 is 0. The molecule has 2 rings (SSSR count).